The largest absolute Gasteiger partial charge is 0.347 e. The van der Waals surface area contributed by atoms with Gasteiger partial charge < -0.3 is 20.1 Å². The smallest absolute Gasteiger partial charge is 0.230 e. The van der Waals surface area contributed by atoms with Crippen molar-refractivity contribution in [3.63, 3.8) is 0 Å². The molecule has 9 nitrogen and oxygen atoms in total. The zero-order chi connectivity index (χ0) is 23.3. The van der Waals surface area contributed by atoms with Gasteiger partial charge in [0.05, 0.1) is 28.2 Å². The first-order chi connectivity index (χ1) is 15.8. The Bertz CT molecular complexity index is 1300. The quantitative estimate of drug-likeness (QED) is 0.419. The lowest BCUT2D eigenvalue weighted by molar-refractivity contribution is 0.403. The lowest BCUT2D eigenvalue weighted by Crippen LogP contribution is -2.54. The summed E-state index contributed by atoms with van der Waals surface area (Å²) in [6, 6.07) is 7.45. The van der Waals surface area contributed by atoms with Crippen molar-refractivity contribution in [3.8, 4) is 0 Å². The normalized spacial score (nSPS) is 19.2. The van der Waals surface area contributed by atoms with Crippen molar-refractivity contribution < 1.29 is 0 Å². The van der Waals surface area contributed by atoms with E-state index in [9.17, 15) is 0 Å². The molecule has 1 aliphatic rings. The summed E-state index contributed by atoms with van der Waals surface area (Å²) in [5.41, 5.74) is 4.11. The molecule has 174 valence electrons. The van der Waals surface area contributed by atoms with Crippen LogP contribution < -0.4 is 15.5 Å². The van der Waals surface area contributed by atoms with Crippen LogP contribution in [-0.2, 0) is 6.54 Å². The SMILES string of the molecule is Cc1ccc2c(c1)nc(CNc1nc(N3C[C@@H](C)N[C@@H](C)C3)nc3c(Br)cnn13)n2C(C)C. The predicted octanol–water partition coefficient (Wildman–Crippen LogP) is 3.92. The predicted molar refractivity (Wildman–Crippen MR) is 135 cm³/mol. The molecule has 1 fully saturated rings. The van der Waals surface area contributed by atoms with Crippen molar-refractivity contribution in [2.24, 2.45) is 0 Å². The highest BCUT2D eigenvalue weighted by atomic mass is 79.9. The zero-order valence-electron chi connectivity index (χ0n) is 19.7. The monoisotopic (exact) mass is 511 g/mol. The van der Waals surface area contributed by atoms with Gasteiger partial charge in [-0.15, -0.1) is 0 Å². The Morgan fingerprint density at radius 2 is 1.91 bits per heavy atom. The number of piperazine rings is 1. The summed E-state index contributed by atoms with van der Waals surface area (Å²) in [7, 11) is 0. The van der Waals surface area contributed by atoms with E-state index >= 15 is 0 Å². The van der Waals surface area contributed by atoms with Crippen LogP contribution in [0.15, 0.2) is 28.9 Å². The van der Waals surface area contributed by atoms with Gasteiger partial charge >= 0.3 is 0 Å². The van der Waals surface area contributed by atoms with Crippen molar-refractivity contribution in [3.05, 3.63) is 40.3 Å². The molecule has 5 rings (SSSR count). The number of halogens is 1. The van der Waals surface area contributed by atoms with Crippen LogP contribution in [-0.4, -0.2) is 54.3 Å². The van der Waals surface area contributed by atoms with Gasteiger partial charge in [0.25, 0.3) is 0 Å². The van der Waals surface area contributed by atoms with E-state index in [1.165, 1.54) is 5.56 Å². The fourth-order valence-corrected chi connectivity index (χ4v) is 5.05. The van der Waals surface area contributed by atoms with E-state index in [1.807, 2.05) is 0 Å². The Kier molecular flexibility index (Phi) is 5.74. The second-order valence-electron chi connectivity index (χ2n) is 9.29. The number of hydrogen-bond donors (Lipinski definition) is 2. The maximum absolute atomic E-state index is 4.93. The van der Waals surface area contributed by atoms with Crippen LogP contribution in [0.4, 0.5) is 11.9 Å². The van der Waals surface area contributed by atoms with Crippen molar-refractivity contribution >= 4 is 44.5 Å². The number of fused-ring (bicyclic) bond motifs is 2. The molecular formula is C23H30BrN9. The molecule has 0 aliphatic carbocycles. The van der Waals surface area contributed by atoms with E-state index in [-0.39, 0.29) is 6.04 Å². The van der Waals surface area contributed by atoms with Gasteiger partial charge in [0.15, 0.2) is 5.65 Å². The zero-order valence-corrected chi connectivity index (χ0v) is 21.3. The summed E-state index contributed by atoms with van der Waals surface area (Å²) in [6.07, 6.45) is 1.76. The highest BCUT2D eigenvalue weighted by Gasteiger charge is 2.25. The minimum atomic E-state index is 0.290. The molecule has 4 heterocycles. The molecular weight excluding hydrogens is 482 g/mol. The van der Waals surface area contributed by atoms with Crippen molar-refractivity contribution in [2.45, 2.75) is 59.3 Å². The molecule has 0 amide bonds. The minimum Gasteiger partial charge on any atom is -0.347 e. The fraction of sp³-hybridized carbons (Fsp3) is 0.478. The van der Waals surface area contributed by atoms with Gasteiger partial charge in [0.1, 0.15) is 5.82 Å². The highest BCUT2D eigenvalue weighted by Crippen LogP contribution is 2.25. The molecule has 2 atom stereocenters. The first-order valence-corrected chi connectivity index (χ1v) is 12.2. The summed E-state index contributed by atoms with van der Waals surface area (Å²) in [6.45, 7) is 13.1. The van der Waals surface area contributed by atoms with Gasteiger partial charge in [-0.1, -0.05) is 6.07 Å². The molecule has 1 saturated heterocycles. The van der Waals surface area contributed by atoms with Crippen LogP contribution in [0.2, 0.25) is 0 Å². The number of rotatable bonds is 5. The molecule has 3 aromatic heterocycles. The van der Waals surface area contributed by atoms with Crippen LogP contribution in [0.1, 0.15) is 45.1 Å². The number of anilines is 2. The second-order valence-corrected chi connectivity index (χ2v) is 10.1. The molecule has 0 bridgehead atoms. The summed E-state index contributed by atoms with van der Waals surface area (Å²) in [5.74, 6) is 2.33. The van der Waals surface area contributed by atoms with Gasteiger partial charge in [-0.2, -0.15) is 19.6 Å². The van der Waals surface area contributed by atoms with E-state index in [1.54, 1.807) is 10.7 Å². The molecule has 2 N–H and O–H groups in total. The van der Waals surface area contributed by atoms with E-state index < -0.39 is 0 Å². The van der Waals surface area contributed by atoms with Gasteiger partial charge in [0, 0.05) is 31.2 Å². The third kappa shape index (κ3) is 4.17. The van der Waals surface area contributed by atoms with Crippen molar-refractivity contribution in [2.75, 3.05) is 23.3 Å². The molecule has 0 radical (unpaired) electrons. The van der Waals surface area contributed by atoms with Gasteiger partial charge in [-0.3, -0.25) is 0 Å². The summed E-state index contributed by atoms with van der Waals surface area (Å²) in [5, 5.41) is 11.5. The van der Waals surface area contributed by atoms with Crippen molar-refractivity contribution in [1.82, 2.24) is 34.4 Å². The molecule has 1 aromatic carbocycles. The maximum atomic E-state index is 4.93. The molecule has 10 heteroatoms. The Hall–Kier alpha value is -2.72. The van der Waals surface area contributed by atoms with E-state index in [2.05, 4.69) is 93.9 Å². The van der Waals surface area contributed by atoms with Crippen LogP contribution in [0.5, 0.6) is 0 Å². The lowest BCUT2D eigenvalue weighted by atomic mass is 10.1. The molecule has 33 heavy (non-hydrogen) atoms. The van der Waals surface area contributed by atoms with E-state index in [0.29, 0.717) is 30.5 Å². The Morgan fingerprint density at radius 3 is 2.64 bits per heavy atom. The third-order valence-corrected chi connectivity index (χ3v) is 6.55. The molecule has 0 spiro atoms. The van der Waals surface area contributed by atoms with Gasteiger partial charge in [0.2, 0.25) is 11.9 Å². The Labute approximate surface area is 201 Å². The highest BCUT2D eigenvalue weighted by molar-refractivity contribution is 9.10. The van der Waals surface area contributed by atoms with Crippen LogP contribution in [0, 0.1) is 6.92 Å². The third-order valence-electron chi connectivity index (χ3n) is 5.99. The number of nitrogens with zero attached hydrogens (tertiary/aromatic N) is 7. The van der Waals surface area contributed by atoms with Gasteiger partial charge in [-0.25, -0.2) is 4.98 Å². The number of aromatic nitrogens is 6. The first kappa shape index (κ1) is 22.1. The lowest BCUT2D eigenvalue weighted by Gasteiger charge is -2.36. The average Bonchev–Trinajstić information content (AvgIpc) is 3.31. The van der Waals surface area contributed by atoms with E-state index in [4.69, 9.17) is 15.0 Å². The number of nitrogens with one attached hydrogen (secondary N) is 2. The average molecular weight is 512 g/mol. The molecule has 0 saturated carbocycles. The Morgan fingerprint density at radius 1 is 1.15 bits per heavy atom. The first-order valence-electron chi connectivity index (χ1n) is 11.4. The molecule has 0 unspecified atom stereocenters. The minimum absolute atomic E-state index is 0.290. The summed E-state index contributed by atoms with van der Waals surface area (Å²) < 4.78 is 4.87. The van der Waals surface area contributed by atoms with Gasteiger partial charge in [-0.05, 0) is 68.2 Å². The fourth-order valence-electron chi connectivity index (χ4n) is 4.70. The van der Waals surface area contributed by atoms with Crippen LogP contribution in [0.25, 0.3) is 16.7 Å². The van der Waals surface area contributed by atoms with E-state index in [0.717, 1.165) is 40.1 Å². The summed E-state index contributed by atoms with van der Waals surface area (Å²) >= 11 is 3.59. The number of benzene rings is 1. The van der Waals surface area contributed by atoms with Crippen molar-refractivity contribution in [1.29, 1.82) is 0 Å². The maximum Gasteiger partial charge on any atom is 0.230 e. The number of hydrogen-bond acceptors (Lipinski definition) is 7. The second kappa shape index (κ2) is 8.57. The van der Waals surface area contributed by atoms with Crippen LogP contribution >= 0.6 is 15.9 Å². The standard InChI is InChI=1S/C23H30BrN9/c1-13(2)32-19-7-6-14(3)8-18(19)28-20(32)10-25-22-30-23(29-21-17(24)9-26-33(21)22)31-11-15(4)27-16(5)12-31/h6-9,13,15-16,27H,10-12H2,1-5H3,(H,25,29,30)/t15-,16+. The Balaban J connectivity index is 1.51. The number of imidazole rings is 1. The molecule has 1 aliphatic heterocycles. The molecule has 4 aromatic rings. The van der Waals surface area contributed by atoms with Crippen LogP contribution in [0.3, 0.4) is 0 Å². The topological polar surface area (TPSA) is 88.2 Å². The summed E-state index contributed by atoms with van der Waals surface area (Å²) in [4.78, 5) is 16.9. The number of aryl methyl sites for hydroxylation is 1.